The molecule has 0 spiro atoms. The van der Waals surface area contributed by atoms with Crippen LogP contribution in [0.5, 0.6) is 0 Å². The summed E-state index contributed by atoms with van der Waals surface area (Å²) in [7, 11) is 0. The molecular formula is C14H16BrN3. The quantitative estimate of drug-likeness (QED) is 0.948. The average molecular weight is 306 g/mol. The summed E-state index contributed by atoms with van der Waals surface area (Å²) in [6.07, 6.45) is 2.55. The van der Waals surface area contributed by atoms with Gasteiger partial charge >= 0.3 is 0 Å². The van der Waals surface area contributed by atoms with Gasteiger partial charge in [0.15, 0.2) is 5.82 Å². The Hall–Kier alpha value is -1.26. The smallest absolute Gasteiger partial charge is 0.160 e. The summed E-state index contributed by atoms with van der Waals surface area (Å²) in [5.41, 5.74) is 8.98. The number of aryl methyl sites for hydroxylation is 1. The lowest BCUT2D eigenvalue weighted by atomic mass is 10.1. The Balaban J connectivity index is 2.38. The summed E-state index contributed by atoms with van der Waals surface area (Å²) in [6.45, 7) is 4.03. The standard InChI is InChI=1S/C14H16BrN3/c1-9-3-4-12(13(15)7-9)14-17-6-5-11(18-14)8-10(2)16/h3-7,10H,8,16H2,1-2H3. The maximum atomic E-state index is 5.79. The predicted molar refractivity (Wildman–Crippen MR) is 77.3 cm³/mol. The van der Waals surface area contributed by atoms with E-state index in [-0.39, 0.29) is 6.04 Å². The summed E-state index contributed by atoms with van der Waals surface area (Å²) in [5.74, 6) is 0.736. The number of aromatic nitrogens is 2. The van der Waals surface area contributed by atoms with E-state index in [1.165, 1.54) is 5.56 Å². The third-order valence-corrected chi connectivity index (χ3v) is 3.27. The molecule has 2 N–H and O–H groups in total. The number of hydrogen-bond donors (Lipinski definition) is 1. The fraction of sp³-hybridized carbons (Fsp3) is 0.286. The minimum Gasteiger partial charge on any atom is -0.328 e. The molecule has 0 aliphatic heterocycles. The van der Waals surface area contributed by atoms with E-state index in [2.05, 4.69) is 45.0 Å². The van der Waals surface area contributed by atoms with E-state index in [1.807, 2.05) is 19.1 Å². The largest absolute Gasteiger partial charge is 0.328 e. The first-order valence-corrected chi connectivity index (χ1v) is 6.69. The third-order valence-electron chi connectivity index (χ3n) is 2.61. The van der Waals surface area contributed by atoms with Crippen LogP contribution in [0.25, 0.3) is 11.4 Å². The summed E-state index contributed by atoms with van der Waals surface area (Å²) in [5, 5.41) is 0. The number of rotatable bonds is 3. The van der Waals surface area contributed by atoms with Crippen LogP contribution in [-0.4, -0.2) is 16.0 Å². The van der Waals surface area contributed by atoms with Crippen molar-refractivity contribution in [2.45, 2.75) is 26.3 Å². The van der Waals surface area contributed by atoms with Gasteiger partial charge in [0.05, 0.1) is 0 Å². The van der Waals surface area contributed by atoms with Gasteiger partial charge in [-0.15, -0.1) is 0 Å². The molecule has 0 saturated carbocycles. The number of nitrogens with zero attached hydrogens (tertiary/aromatic N) is 2. The lowest BCUT2D eigenvalue weighted by molar-refractivity contribution is 0.720. The lowest BCUT2D eigenvalue weighted by Gasteiger charge is -2.08. The molecule has 0 aliphatic rings. The van der Waals surface area contributed by atoms with Crippen LogP contribution < -0.4 is 5.73 Å². The first-order chi connectivity index (χ1) is 8.56. The molecular weight excluding hydrogens is 290 g/mol. The molecule has 0 radical (unpaired) electrons. The molecule has 0 saturated heterocycles. The molecule has 0 aliphatic carbocycles. The minimum absolute atomic E-state index is 0.106. The van der Waals surface area contributed by atoms with Gasteiger partial charge in [-0.25, -0.2) is 9.97 Å². The molecule has 2 rings (SSSR count). The van der Waals surface area contributed by atoms with Crippen molar-refractivity contribution in [3.05, 3.63) is 46.2 Å². The second-order valence-corrected chi connectivity index (χ2v) is 5.39. The second kappa shape index (κ2) is 5.59. The van der Waals surface area contributed by atoms with Crippen LogP contribution in [-0.2, 0) is 6.42 Å². The van der Waals surface area contributed by atoms with Gasteiger partial charge in [0, 0.05) is 34.4 Å². The van der Waals surface area contributed by atoms with Crippen molar-refractivity contribution >= 4 is 15.9 Å². The van der Waals surface area contributed by atoms with E-state index in [9.17, 15) is 0 Å². The van der Waals surface area contributed by atoms with E-state index in [4.69, 9.17) is 5.73 Å². The van der Waals surface area contributed by atoms with Gasteiger partial charge < -0.3 is 5.73 Å². The molecule has 1 atom stereocenters. The van der Waals surface area contributed by atoms with Crippen molar-refractivity contribution in [1.82, 2.24) is 9.97 Å². The van der Waals surface area contributed by atoms with Crippen molar-refractivity contribution in [2.24, 2.45) is 5.73 Å². The van der Waals surface area contributed by atoms with Crippen molar-refractivity contribution in [1.29, 1.82) is 0 Å². The molecule has 18 heavy (non-hydrogen) atoms. The number of halogens is 1. The van der Waals surface area contributed by atoms with Crippen LogP contribution in [0.15, 0.2) is 34.9 Å². The summed E-state index contributed by atoms with van der Waals surface area (Å²) in [6, 6.07) is 8.17. The summed E-state index contributed by atoms with van der Waals surface area (Å²) < 4.78 is 1.01. The zero-order valence-corrected chi connectivity index (χ0v) is 12.1. The Bertz CT molecular complexity index is 552. The number of benzene rings is 1. The van der Waals surface area contributed by atoms with Crippen molar-refractivity contribution in [3.8, 4) is 11.4 Å². The van der Waals surface area contributed by atoms with Gasteiger partial charge in [0.25, 0.3) is 0 Å². The Labute approximate surface area is 116 Å². The Morgan fingerprint density at radius 1 is 1.33 bits per heavy atom. The summed E-state index contributed by atoms with van der Waals surface area (Å²) >= 11 is 3.55. The molecule has 1 aromatic heterocycles. The first-order valence-electron chi connectivity index (χ1n) is 5.90. The highest BCUT2D eigenvalue weighted by Gasteiger charge is 2.08. The second-order valence-electron chi connectivity index (χ2n) is 4.54. The van der Waals surface area contributed by atoms with Crippen LogP contribution >= 0.6 is 15.9 Å². The van der Waals surface area contributed by atoms with Crippen molar-refractivity contribution in [2.75, 3.05) is 0 Å². The third kappa shape index (κ3) is 3.15. The van der Waals surface area contributed by atoms with Crippen LogP contribution in [0, 0.1) is 6.92 Å². The van der Waals surface area contributed by atoms with Crippen molar-refractivity contribution < 1.29 is 0 Å². The maximum absolute atomic E-state index is 5.79. The highest BCUT2D eigenvalue weighted by Crippen LogP contribution is 2.26. The lowest BCUT2D eigenvalue weighted by Crippen LogP contribution is -2.18. The first kappa shape index (κ1) is 13.2. The Morgan fingerprint density at radius 3 is 2.78 bits per heavy atom. The zero-order chi connectivity index (χ0) is 13.1. The number of nitrogens with two attached hydrogens (primary N) is 1. The molecule has 0 fully saturated rings. The highest BCUT2D eigenvalue weighted by molar-refractivity contribution is 9.10. The highest BCUT2D eigenvalue weighted by atomic mass is 79.9. The normalized spacial score (nSPS) is 12.4. The Morgan fingerprint density at radius 2 is 2.11 bits per heavy atom. The van der Waals surface area contributed by atoms with E-state index >= 15 is 0 Å². The van der Waals surface area contributed by atoms with E-state index in [0.717, 1.165) is 28.0 Å². The fourth-order valence-electron chi connectivity index (χ4n) is 1.77. The topological polar surface area (TPSA) is 51.8 Å². The van der Waals surface area contributed by atoms with Crippen LogP contribution in [0.4, 0.5) is 0 Å². The predicted octanol–water partition coefficient (Wildman–Crippen LogP) is 3.10. The van der Waals surface area contributed by atoms with Crippen LogP contribution in [0.1, 0.15) is 18.2 Å². The molecule has 2 aromatic rings. The van der Waals surface area contributed by atoms with E-state index in [1.54, 1.807) is 6.20 Å². The zero-order valence-electron chi connectivity index (χ0n) is 10.5. The Kier molecular flexibility index (Phi) is 4.09. The summed E-state index contributed by atoms with van der Waals surface area (Å²) in [4.78, 5) is 8.88. The van der Waals surface area contributed by atoms with E-state index in [0.29, 0.717) is 0 Å². The fourth-order valence-corrected chi connectivity index (χ4v) is 2.44. The maximum Gasteiger partial charge on any atom is 0.160 e. The van der Waals surface area contributed by atoms with Gasteiger partial charge in [-0.2, -0.15) is 0 Å². The van der Waals surface area contributed by atoms with Gasteiger partial charge in [-0.1, -0.05) is 22.0 Å². The van der Waals surface area contributed by atoms with Gasteiger partial charge in [0.2, 0.25) is 0 Å². The molecule has 3 nitrogen and oxygen atoms in total. The van der Waals surface area contributed by atoms with Crippen molar-refractivity contribution in [3.63, 3.8) is 0 Å². The number of hydrogen-bond acceptors (Lipinski definition) is 3. The minimum atomic E-state index is 0.106. The van der Waals surface area contributed by atoms with E-state index < -0.39 is 0 Å². The molecule has 94 valence electrons. The SMILES string of the molecule is Cc1ccc(-c2nccc(CC(C)N)n2)c(Br)c1. The van der Waals surface area contributed by atoms with Gasteiger partial charge in [-0.3, -0.25) is 0 Å². The van der Waals surface area contributed by atoms with Gasteiger partial charge in [-0.05, 0) is 37.6 Å². The molecule has 0 bridgehead atoms. The molecule has 1 aromatic carbocycles. The van der Waals surface area contributed by atoms with Crippen LogP contribution in [0.2, 0.25) is 0 Å². The van der Waals surface area contributed by atoms with Gasteiger partial charge in [0.1, 0.15) is 0 Å². The average Bonchev–Trinajstić information content (AvgIpc) is 2.28. The molecule has 0 amide bonds. The molecule has 1 heterocycles. The molecule has 1 unspecified atom stereocenters. The molecule has 4 heteroatoms. The van der Waals surface area contributed by atoms with Crippen LogP contribution in [0.3, 0.4) is 0 Å². The monoisotopic (exact) mass is 305 g/mol.